The second kappa shape index (κ2) is 16.7. The minimum atomic E-state index is -4.66. The van der Waals surface area contributed by atoms with Crippen molar-refractivity contribution >= 4 is 45.9 Å². The average Bonchev–Trinajstić information content (AvgIpc) is 3.71. The predicted octanol–water partition coefficient (Wildman–Crippen LogP) is 5.74. The van der Waals surface area contributed by atoms with Crippen LogP contribution in [0.5, 0.6) is 0 Å². The normalized spacial score (nSPS) is 20.6. The lowest BCUT2D eigenvalue weighted by atomic mass is 9.86. The quantitative estimate of drug-likeness (QED) is 0.0595. The Morgan fingerprint density at radius 2 is 1.71 bits per heavy atom. The van der Waals surface area contributed by atoms with Crippen LogP contribution in [0.15, 0.2) is 54.7 Å². The molecule has 2 fully saturated rings. The maximum atomic E-state index is 13.4. The van der Waals surface area contributed by atoms with E-state index in [1.54, 1.807) is 44.2 Å². The molecule has 7 rings (SSSR count). The highest BCUT2D eigenvalue weighted by molar-refractivity contribution is 6.25. The lowest BCUT2D eigenvalue weighted by molar-refractivity contribution is -0.141. The van der Waals surface area contributed by atoms with Crippen molar-refractivity contribution in [3.8, 4) is 0 Å². The van der Waals surface area contributed by atoms with Gasteiger partial charge in [-0.1, -0.05) is 12.1 Å². The fourth-order valence-electron chi connectivity index (χ4n) is 8.40. The van der Waals surface area contributed by atoms with E-state index in [-0.39, 0.29) is 35.7 Å². The third-order valence-corrected chi connectivity index (χ3v) is 11.5. The third-order valence-electron chi connectivity index (χ3n) is 11.5. The van der Waals surface area contributed by atoms with E-state index in [1.165, 1.54) is 12.1 Å². The predicted molar refractivity (Wildman–Crippen MR) is 212 cm³/mol. The first kappa shape index (κ1) is 41.8. The van der Waals surface area contributed by atoms with E-state index in [0.29, 0.717) is 34.9 Å². The Balaban J connectivity index is 0.887. The molecule has 0 spiro atoms. The number of aliphatic hydroxyl groups excluding tert-OH is 1. The van der Waals surface area contributed by atoms with Crippen LogP contribution in [0.4, 0.5) is 24.5 Å². The Kier molecular flexibility index (Phi) is 11.8. The van der Waals surface area contributed by atoms with Crippen LogP contribution in [0.2, 0.25) is 0 Å². The number of pyridine rings is 1. The molecule has 2 unspecified atom stereocenters. The number of nitrogens with one attached hydrogen (secondary N) is 3. The molecule has 4 heterocycles. The average molecular weight is 819 g/mol. The maximum absolute atomic E-state index is 13.4. The topological polar surface area (TPSA) is 182 Å². The molecule has 59 heavy (non-hydrogen) atoms. The zero-order chi connectivity index (χ0) is 42.2. The smallest absolute Gasteiger partial charge is 0.386 e. The first-order valence-corrected chi connectivity index (χ1v) is 20.0. The van der Waals surface area contributed by atoms with Gasteiger partial charge in [0.25, 0.3) is 11.8 Å². The number of amides is 4. The molecule has 4 aromatic rings. The molecular weight excluding hydrogens is 770 g/mol. The van der Waals surface area contributed by atoms with Gasteiger partial charge in [0.15, 0.2) is 6.23 Å². The van der Waals surface area contributed by atoms with Crippen molar-refractivity contribution in [3.05, 3.63) is 82.8 Å². The third kappa shape index (κ3) is 9.11. The summed E-state index contributed by atoms with van der Waals surface area (Å²) in [6.45, 7) is 5.61. The van der Waals surface area contributed by atoms with Crippen LogP contribution in [0.25, 0.3) is 10.9 Å². The molecule has 5 N–H and O–H groups in total. The number of aromatic nitrogens is 3. The van der Waals surface area contributed by atoms with Gasteiger partial charge in [-0.15, -0.1) is 0 Å². The lowest BCUT2D eigenvalue weighted by Crippen LogP contribution is -2.54. The SMILES string of the molecule is CN(CCCCNc1cccc2c1C(=O)N(C1CCC(=O)NC1=O)C2=O)CC1CCC(n2cc3cc(NC(O)c4cccc(C(F)(F)F)n4)c(C(C)(C)O)cc3n2)CC1. The molecule has 0 bridgehead atoms. The highest BCUT2D eigenvalue weighted by Gasteiger charge is 2.45. The summed E-state index contributed by atoms with van der Waals surface area (Å²) in [5.41, 5.74) is -0.187. The second-order valence-electron chi connectivity index (χ2n) is 16.4. The highest BCUT2D eigenvalue weighted by Crippen LogP contribution is 2.38. The van der Waals surface area contributed by atoms with Crippen LogP contribution in [0.3, 0.4) is 0 Å². The molecule has 17 heteroatoms. The van der Waals surface area contributed by atoms with Gasteiger partial charge in [0.1, 0.15) is 11.7 Å². The van der Waals surface area contributed by atoms with Crippen molar-refractivity contribution in [1.29, 1.82) is 0 Å². The summed E-state index contributed by atoms with van der Waals surface area (Å²) in [5.74, 6) is -1.60. The standard InChI is InChI=1S/C42H49F3N8O6/c1-41(2,59)28-21-31-25(20-32(28)48-37(55)30-10-7-11-34(47-30)42(43,44)45)23-52(50-31)26-14-12-24(13-15-26)22-51(3)19-5-4-18-46-29-9-6-8-27-36(29)40(58)53(39(27)57)33-16-17-35(54)49-38(33)56/h6-11,20-21,23-24,26,33,37,46,48,55,59H,4-5,12-19,22H2,1-3H3,(H,49,54,56). The van der Waals surface area contributed by atoms with Crippen molar-refractivity contribution in [2.75, 3.05) is 37.3 Å². The number of halogens is 3. The van der Waals surface area contributed by atoms with Gasteiger partial charge < -0.3 is 25.7 Å². The van der Waals surface area contributed by atoms with E-state index in [4.69, 9.17) is 5.10 Å². The first-order valence-electron chi connectivity index (χ1n) is 20.0. The molecule has 2 aromatic heterocycles. The molecule has 14 nitrogen and oxygen atoms in total. The van der Waals surface area contributed by atoms with Gasteiger partial charge in [-0.2, -0.15) is 18.3 Å². The van der Waals surface area contributed by atoms with E-state index < -0.39 is 53.4 Å². The minimum Gasteiger partial charge on any atom is -0.386 e. The number of carbonyl (C=O) groups excluding carboxylic acids is 4. The van der Waals surface area contributed by atoms with Gasteiger partial charge in [-0.25, -0.2) is 4.98 Å². The van der Waals surface area contributed by atoms with Crippen molar-refractivity contribution in [3.63, 3.8) is 0 Å². The number of nitrogens with zero attached hydrogens (tertiary/aromatic N) is 5. The molecule has 314 valence electrons. The number of fused-ring (bicyclic) bond motifs is 2. The van der Waals surface area contributed by atoms with Crippen LogP contribution < -0.4 is 16.0 Å². The van der Waals surface area contributed by atoms with Crippen molar-refractivity contribution in [2.24, 2.45) is 5.92 Å². The fourth-order valence-corrected chi connectivity index (χ4v) is 8.40. The molecule has 2 aliphatic heterocycles. The van der Waals surface area contributed by atoms with Crippen LogP contribution >= 0.6 is 0 Å². The number of unbranched alkanes of at least 4 members (excludes halogenated alkanes) is 1. The van der Waals surface area contributed by atoms with Gasteiger partial charge in [0.05, 0.1) is 34.0 Å². The molecule has 1 saturated carbocycles. The molecule has 1 saturated heterocycles. The Hall–Kier alpha value is -5.39. The van der Waals surface area contributed by atoms with E-state index >= 15 is 0 Å². The molecule has 4 amide bonds. The Morgan fingerprint density at radius 1 is 0.966 bits per heavy atom. The monoisotopic (exact) mass is 818 g/mol. The van der Waals surface area contributed by atoms with Gasteiger partial charge in [-0.05, 0) is 115 Å². The lowest BCUT2D eigenvalue weighted by Gasteiger charge is -2.31. The zero-order valence-electron chi connectivity index (χ0n) is 33.2. The molecule has 1 aliphatic carbocycles. The second-order valence-corrected chi connectivity index (χ2v) is 16.4. The molecule has 3 aliphatic rings. The number of aliphatic hydroxyl groups is 2. The van der Waals surface area contributed by atoms with Crippen LogP contribution in [0, 0.1) is 5.92 Å². The number of carbonyl (C=O) groups is 4. The van der Waals surface area contributed by atoms with Gasteiger partial charge >= 0.3 is 6.18 Å². The van der Waals surface area contributed by atoms with Gasteiger partial charge in [0.2, 0.25) is 11.8 Å². The van der Waals surface area contributed by atoms with Crippen molar-refractivity contribution < 1.29 is 42.6 Å². The van der Waals surface area contributed by atoms with E-state index in [1.807, 2.05) is 10.9 Å². The number of imide groups is 2. The fraction of sp³-hybridized carbons (Fsp3) is 0.476. The van der Waals surface area contributed by atoms with Crippen LogP contribution in [-0.4, -0.2) is 91.1 Å². The summed E-state index contributed by atoms with van der Waals surface area (Å²) in [5, 5.41) is 35.8. The summed E-state index contributed by atoms with van der Waals surface area (Å²) in [4.78, 5) is 57.5. The summed E-state index contributed by atoms with van der Waals surface area (Å²) < 4.78 is 41.8. The first-order chi connectivity index (χ1) is 28.0. The largest absolute Gasteiger partial charge is 0.433 e. The van der Waals surface area contributed by atoms with Crippen LogP contribution in [-0.2, 0) is 21.4 Å². The van der Waals surface area contributed by atoms with E-state index in [0.717, 1.165) is 68.0 Å². The summed E-state index contributed by atoms with van der Waals surface area (Å²) in [6, 6.07) is 11.0. The van der Waals surface area contributed by atoms with Crippen LogP contribution in [0.1, 0.15) is 115 Å². The van der Waals surface area contributed by atoms with E-state index in [2.05, 4.69) is 32.9 Å². The summed E-state index contributed by atoms with van der Waals surface area (Å²) in [6.07, 6.45) is 1.53. The summed E-state index contributed by atoms with van der Waals surface area (Å²) >= 11 is 0. The molecule has 2 atom stereocenters. The Morgan fingerprint density at radius 3 is 2.42 bits per heavy atom. The number of benzene rings is 2. The number of piperidine rings is 1. The molecular formula is C42H49F3N8O6. The Bertz CT molecular complexity index is 2250. The molecule has 0 radical (unpaired) electrons. The maximum Gasteiger partial charge on any atom is 0.433 e. The van der Waals surface area contributed by atoms with Crippen molar-refractivity contribution in [1.82, 2.24) is 29.9 Å². The van der Waals surface area contributed by atoms with Crippen molar-refractivity contribution in [2.45, 2.75) is 95.3 Å². The van der Waals surface area contributed by atoms with E-state index in [9.17, 15) is 42.6 Å². The number of hydrogen-bond acceptors (Lipinski definition) is 11. The number of anilines is 2. The zero-order valence-corrected chi connectivity index (χ0v) is 33.2. The highest BCUT2D eigenvalue weighted by atomic mass is 19.4. The Labute approximate surface area is 339 Å². The number of rotatable bonds is 14. The summed E-state index contributed by atoms with van der Waals surface area (Å²) in [7, 11) is 2.11. The molecule has 2 aromatic carbocycles. The minimum absolute atomic E-state index is 0.0636. The number of hydrogen-bond donors (Lipinski definition) is 5. The number of alkyl halides is 3. The van der Waals surface area contributed by atoms with Gasteiger partial charge in [0, 0.05) is 48.0 Å². The van der Waals surface area contributed by atoms with Gasteiger partial charge in [-0.3, -0.25) is 34.1 Å².